The number of thiophene rings is 1. The lowest BCUT2D eigenvalue weighted by Crippen LogP contribution is -1.94. The molecule has 0 saturated heterocycles. The van der Waals surface area contributed by atoms with Gasteiger partial charge >= 0.3 is 0 Å². The summed E-state index contributed by atoms with van der Waals surface area (Å²) in [7, 11) is 0. The Morgan fingerprint density at radius 3 is 1.89 bits per heavy atom. The Labute approximate surface area is 224 Å². The zero-order valence-corrected chi connectivity index (χ0v) is 21.3. The number of fused-ring (bicyclic) bond motifs is 6. The van der Waals surface area contributed by atoms with Gasteiger partial charge in [0.25, 0.3) is 0 Å². The zero-order chi connectivity index (χ0) is 25.1. The van der Waals surface area contributed by atoms with E-state index in [1.807, 2.05) is 17.5 Å². The van der Waals surface area contributed by atoms with Crippen molar-refractivity contribution in [3.8, 4) is 27.9 Å². The van der Waals surface area contributed by atoms with E-state index >= 15 is 0 Å². The van der Waals surface area contributed by atoms with E-state index in [-0.39, 0.29) is 0 Å². The molecule has 0 aliphatic rings. The van der Waals surface area contributed by atoms with Gasteiger partial charge in [0.15, 0.2) is 0 Å². The van der Waals surface area contributed by atoms with Gasteiger partial charge in [0.05, 0.1) is 16.6 Å². The third-order valence-electron chi connectivity index (χ3n) is 7.44. The molecule has 0 fully saturated rings. The molecule has 0 atom stereocenters. The molecule has 3 heteroatoms. The first kappa shape index (κ1) is 21.4. The standard InChI is InChI=1S/C35H22N2S/c1-3-9-23(10-4-1)25-15-17-27(18-16-25)37-31-21-34-29(28-13-7-8-14-33(28)38-34)20-30(31)35-32(37)19-26(22-36-35)24-11-5-2-6-12-24/h1-22H. The molecule has 5 aromatic carbocycles. The van der Waals surface area contributed by atoms with Crippen LogP contribution in [0.4, 0.5) is 0 Å². The Morgan fingerprint density at radius 2 is 1.13 bits per heavy atom. The third kappa shape index (κ3) is 3.29. The van der Waals surface area contributed by atoms with E-state index in [0.29, 0.717) is 0 Å². The van der Waals surface area contributed by atoms with Crippen LogP contribution in [0, 0.1) is 0 Å². The van der Waals surface area contributed by atoms with Crippen LogP contribution in [-0.2, 0) is 0 Å². The van der Waals surface area contributed by atoms with Gasteiger partial charge in [0.2, 0.25) is 0 Å². The maximum absolute atomic E-state index is 5.05. The van der Waals surface area contributed by atoms with Crippen molar-refractivity contribution in [1.29, 1.82) is 0 Å². The van der Waals surface area contributed by atoms with Gasteiger partial charge in [0, 0.05) is 43.0 Å². The van der Waals surface area contributed by atoms with Crippen LogP contribution < -0.4 is 0 Å². The average molecular weight is 503 g/mol. The van der Waals surface area contributed by atoms with Gasteiger partial charge in [-0.05, 0) is 53.1 Å². The first-order chi connectivity index (χ1) is 18.8. The van der Waals surface area contributed by atoms with Crippen LogP contribution in [0.5, 0.6) is 0 Å². The largest absolute Gasteiger partial charge is 0.308 e. The highest BCUT2D eigenvalue weighted by molar-refractivity contribution is 7.25. The van der Waals surface area contributed by atoms with Gasteiger partial charge in [-0.25, -0.2) is 0 Å². The van der Waals surface area contributed by atoms with Gasteiger partial charge in [0.1, 0.15) is 0 Å². The van der Waals surface area contributed by atoms with Crippen molar-refractivity contribution in [3.63, 3.8) is 0 Å². The van der Waals surface area contributed by atoms with Crippen molar-refractivity contribution in [2.45, 2.75) is 0 Å². The number of nitrogens with zero attached hydrogens (tertiary/aromatic N) is 2. The summed E-state index contributed by atoms with van der Waals surface area (Å²) >= 11 is 1.86. The van der Waals surface area contributed by atoms with E-state index in [1.54, 1.807) is 0 Å². The number of aromatic nitrogens is 2. The molecule has 0 aliphatic heterocycles. The Bertz CT molecular complexity index is 2100. The molecule has 3 aromatic heterocycles. The Balaban J connectivity index is 1.42. The van der Waals surface area contributed by atoms with Gasteiger partial charge in [-0.2, -0.15) is 0 Å². The predicted octanol–water partition coefficient (Wildman–Crippen LogP) is 9.88. The van der Waals surface area contributed by atoms with Crippen LogP contribution in [0.15, 0.2) is 134 Å². The van der Waals surface area contributed by atoms with Crippen LogP contribution in [0.25, 0.3) is 70.0 Å². The summed E-state index contributed by atoms with van der Waals surface area (Å²) in [5, 5.41) is 3.79. The maximum Gasteiger partial charge on any atom is 0.0964 e. The smallest absolute Gasteiger partial charge is 0.0964 e. The number of pyridine rings is 1. The molecule has 38 heavy (non-hydrogen) atoms. The summed E-state index contributed by atoms with van der Waals surface area (Å²) in [4.78, 5) is 5.05. The number of hydrogen-bond acceptors (Lipinski definition) is 2. The van der Waals surface area contributed by atoms with Crippen LogP contribution in [0.1, 0.15) is 0 Å². The van der Waals surface area contributed by atoms with Crippen LogP contribution in [0.2, 0.25) is 0 Å². The second-order valence-corrected chi connectivity index (χ2v) is 10.8. The second kappa shape index (κ2) is 8.41. The summed E-state index contributed by atoms with van der Waals surface area (Å²) in [6.07, 6.45) is 2.01. The molecular weight excluding hydrogens is 480 g/mol. The second-order valence-electron chi connectivity index (χ2n) is 9.67. The highest BCUT2D eigenvalue weighted by Crippen LogP contribution is 2.40. The van der Waals surface area contributed by atoms with Crippen LogP contribution in [-0.4, -0.2) is 9.55 Å². The molecule has 0 radical (unpaired) electrons. The zero-order valence-electron chi connectivity index (χ0n) is 20.5. The van der Waals surface area contributed by atoms with E-state index < -0.39 is 0 Å². The predicted molar refractivity (Wildman–Crippen MR) is 162 cm³/mol. The molecule has 178 valence electrons. The maximum atomic E-state index is 5.05. The van der Waals surface area contributed by atoms with Gasteiger partial charge < -0.3 is 4.57 Å². The highest BCUT2D eigenvalue weighted by atomic mass is 32.1. The van der Waals surface area contributed by atoms with Crippen molar-refractivity contribution in [3.05, 3.63) is 134 Å². The average Bonchev–Trinajstić information content (AvgIpc) is 3.51. The lowest BCUT2D eigenvalue weighted by Gasteiger charge is -2.10. The normalized spacial score (nSPS) is 11.7. The van der Waals surface area contributed by atoms with E-state index in [0.717, 1.165) is 22.3 Å². The first-order valence-electron chi connectivity index (χ1n) is 12.8. The first-order valence-corrected chi connectivity index (χ1v) is 13.6. The minimum Gasteiger partial charge on any atom is -0.308 e. The summed E-state index contributed by atoms with van der Waals surface area (Å²) in [6.45, 7) is 0. The fourth-order valence-electron chi connectivity index (χ4n) is 5.60. The Kier molecular flexibility index (Phi) is 4.73. The van der Waals surface area contributed by atoms with Crippen molar-refractivity contribution in [2.75, 3.05) is 0 Å². The summed E-state index contributed by atoms with van der Waals surface area (Å²) in [5.74, 6) is 0. The molecule has 0 spiro atoms. The van der Waals surface area contributed by atoms with Crippen LogP contribution in [0.3, 0.4) is 0 Å². The SMILES string of the molecule is c1ccc(-c2ccc(-n3c4cc5sc6ccccc6c5cc4c4ncc(-c5ccccc5)cc43)cc2)cc1. The molecule has 0 amide bonds. The minimum absolute atomic E-state index is 1.03. The number of benzene rings is 5. The topological polar surface area (TPSA) is 17.8 Å². The van der Waals surface area contributed by atoms with Crippen molar-refractivity contribution in [2.24, 2.45) is 0 Å². The molecule has 8 rings (SSSR count). The monoisotopic (exact) mass is 502 g/mol. The van der Waals surface area contributed by atoms with E-state index in [4.69, 9.17) is 4.98 Å². The minimum atomic E-state index is 1.03. The molecule has 3 heterocycles. The molecular formula is C35H22N2S. The Hall–Kier alpha value is -4.73. The third-order valence-corrected chi connectivity index (χ3v) is 8.57. The van der Waals surface area contributed by atoms with Crippen molar-refractivity contribution < 1.29 is 0 Å². The van der Waals surface area contributed by atoms with Crippen LogP contribution >= 0.6 is 11.3 Å². The fourth-order valence-corrected chi connectivity index (χ4v) is 6.72. The molecule has 0 aliphatic carbocycles. The molecule has 2 nitrogen and oxygen atoms in total. The lowest BCUT2D eigenvalue weighted by atomic mass is 10.1. The molecule has 0 bridgehead atoms. The van der Waals surface area contributed by atoms with Gasteiger partial charge in [-0.15, -0.1) is 11.3 Å². The fraction of sp³-hybridized carbons (Fsp3) is 0. The summed E-state index contributed by atoms with van der Waals surface area (Å²) in [5.41, 5.74) is 9.20. The summed E-state index contributed by atoms with van der Waals surface area (Å²) in [6, 6.07) is 45.6. The Morgan fingerprint density at radius 1 is 0.474 bits per heavy atom. The molecule has 0 N–H and O–H groups in total. The highest BCUT2D eigenvalue weighted by Gasteiger charge is 2.17. The number of hydrogen-bond donors (Lipinski definition) is 0. The van der Waals surface area contributed by atoms with Crippen molar-refractivity contribution in [1.82, 2.24) is 9.55 Å². The summed E-state index contributed by atoms with van der Waals surface area (Å²) < 4.78 is 4.99. The van der Waals surface area contributed by atoms with Gasteiger partial charge in [-0.3, -0.25) is 4.98 Å². The van der Waals surface area contributed by atoms with E-state index in [2.05, 4.69) is 132 Å². The number of rotatable bonds is 3. The van der Waals surface area contributed by atoms with E-state index in [1.165, 1.54) is 47.8 Å². The quantitative estimate of drug-likeness (QED) is 0.235. The lowest BCUT2D eigenvalue weighted by molar-refractivity contribution is 1.18. The molecule has 0 saturated carbocycles. The molecule has 8 aromatic rings. The van der Waals surface area contributed by atoms with E-state index in [9.17, 15) is 0 Å². The molecule has 0 unspecified atom stereocenters. The van der Waals surface area contributed by atoms with Crippen molar-refractivity contribution >= 4 is 53.4 Å². The van der Waals surface area contributed by atoms with Gasteiger partial charge in [-0.1, -0.05) is 91.0 Å².